The van der Waals surface area contributed by atoms with Gasteiger partial charge < -0.3 is 0 Å². The topological polar surface area (TPSA) is 42.9 Å². The van der Waals surface area contributed by atoms with Crippen molar-refractivity contribution in [1.82, 2.24) is 9.97 Å². The van der Waals surface area contributed by atoms with Crippen LogP contribution in [0.4, 0.5) is 0 Å². The summed E-state index contributed by atoms with van der Waals surface area (Å²) in [7, 11) is 0. The quantitative estimate of drug-likeness (QED) is 0.441. The number of nitrogens with zero attached hydrogens (tertiary/aromatic N) is 2. The Labute approximate surface area is 58.4 Å². The van der Waals surface area contributed by atoms with Gasteiger partial charge in [-0.1, -0.05) is 0 Å². The van der Waals surface area contributed by atoms with Crippen molar-refractivity contribution in [2.75, 3.05) is 0 Å². The fourth-order valence-corrected chi connectivity index (χ4v) is 0.535. The van der Waals surface area contributed by atoms with Crippen LogP contribution >= 0.6 is 0 Å². The Morgan fingerprint density at radius 2 is 2.30 bits per heavy atom. The van der Waals surface area contributed by atoms with Gasteiger partial charge in [0.1, 0.15) is 6.29 Å². The Morgan fingerprint density at radius 1 is 1.40 bits per heavy atom. The van der Waals surface area contributed by atoms with Gasteiger partial charge in [-0.25, -0.2) is 0 Å². The monoisotopic (exact) mass is 134 g/mol. The molecule has 0 atom stereocenters. The van der Waals surface area contributed by atoms with Gasteiger partial charge in [0, 0.05) is 12.4 Å². The molecule has 0 amide bonds. The molecule has 0 bridgehead atoms. The molecule has 1 aromatic rings. The highest BCUT2D eigenvalue weighted by Crippen LogP contribution is 1.90. The number of rotatable bonds is 2. The predicted molar refractivity (Wildman–Crippen MR) is 37.1 cm³/mol. The molecule has 10 heavy (non-hydrogen) atoms. The number of aldehydes is 1. The predicted octanol–water partition coefficient (Wildman–Crippen LogP) is 0.689. The summed E-state index contributed by atoms with van der Waals surface area (Å²) in [6.45, 7) is 0. The Bertz CT molecular complexity index is 231. The number of carbonyl (C=O) groups is 1. The van der Waals surface area contributed by atoms with Crippen molar-refractivity contribution in [2.24, 2.45) is 0 Å². The first-order valence-electron chi connectivity index (χ1n) is 2.81. The van der Waals surface area contributed by atoms with E-state index in [1.165, 1.54) is 6.08 Å². The zero-order valence-corrected chi connectivity index (χ0v) is 5.27. The van der Waals surface area contributed by atoms with E-state index < -0.39 is 0 Å². The minimum atomic E-state index is 0.689. The van der Waals surface area contributed by atoms with E-state index >= 15 is 0 Å². The molecule has 1 heterocycles. The second-order valence-electron chi connectivity index (χ2n) is 1.63. The molecule has 0 radical (unpaired) electrons. The average Bonchev–Trinajstić information content (AvgIpc) is 2.03. The van der Waals surface area contributed by atoms with Gasteiger partial charge in [0.2, 0.25) is 0 Å². The van der Waals surface area contributed by atoms with Crippen molar-refractivity contribution in [3.63, 3.8) is 0 Å². The molecule has 1 aromatic heterocycles. The second-order valence-corrected chi connectivity index (χ2v) is 1.63. The maximum absolute atomic E-state index is 9.84. The van der Waals surface area contributed by atoms with Crippen LogP contribution in [0.15, 0.2) is 24.7 Å². The number of allylic oxidation sites excluding steroid dienone is 1. The van der Waals surface area contributed by atoms with Crippen LogP contribution in [-0.4, -0.2) is 16.3 Å². The number of hydrogen-bond donors (Lipinski definition) is 0. The maximum Gasteiger partial charge on any atom is 0.142 e. The molecular weight excluding hydrogens is 128 g/mol. The largest absolute Gasteiger partial charge is 0.299 e. The van der Waals surface area contributed by atoms with Gasteiger partial charge >= 0.3 is 0 Å². The minimum absolute atomic E-state index is 0.689. The number of carbonyl (C=O) groups excluding carboxylic acids is 1. The summed E-state index contributed by atoms with van der Waals surface area (Å²) in [5.41, 5.74) is 0.689. The lowest BCUT2D eigenvalue weighted by molar-refractivity contribution is -0.104. The van der Waals surface area contributed by atoms with Gasteiger partial charge in [-0.2, -0.15) is 0 Å². The van der Waals surface area contributed by atoms with Crippen LogP contribution in [0.25, 0.3) is 6.08 Å². The first-order chi connectivity index (χ1) is 4.93. The normalized spacial score (nSPS) is 10.0. The molecule has 0 spiro atoms. The average molecular weight is 134 g/mol. The molecule has 0 aliphatic carbocycles. The summed E-state index contributed by atoms with van der Waals surface area (Å²) in [6, 6.07) is 0. The zero-order valence-electron chi connectivity index (χ0n) is 5.27. The Balaban J connectivity index is 2.76. The third-order valence-corrected chi connectivity index (χ3v) is 0.929. The lowest BCUT2D eigenvalue weighted by atomic mass is 10.4. The van der Waals surface area contributed by atoms with Gasteiger partial charge in [-0.15, -0.1) is 0 Å². The number of aromatic nitrogens is 2. The third-order valence-electron chi connectivity index (χ3n) is 0.929. The molecule has 3 heteroatoms. The molecule has 0 aliphatic rings. The van der Waals surface area contributed by atoms with E-state index in [1.54, 1.807) is 24.7 Å². The standard InChI is InChI=1S/C7H6N2O/c10-5-1-2-7-6-8-3-4-9-7/h1-6H. The van der Waals surface area contributed by atoms with Gasteiger partial charge in [0.25, 0.3) is 0 Å². The molecule has 0 aromatic carbocycles. The van der Waals surface area contributed by atoms with Crippen LogP contribution < -0.4 is 0 Å². The van der Waals surface area contributed by atoms with E-state index in [1.807, 2.05) is 0 Å². The van der Waals surface area contributed by atoms with E-state index in [0.717, 1.165) is 0 Å². The van der Waals surface area contributed by atoms with Crippen LogP contribution in [-0.2, 0) is 4.79 Å². The van der Waals surface area contributed by atoms with E-state index in [4.69, 9.17) is 0 Å². The van der Waals surface area contributed by atoms with E-state index in [0.29, 0.717) is 12.0 Å². The Kier molecular flexibility index (Phi) is 2.31. The molecule has 0 saturated heterocycles. The molecule has 0 saturated carbocycles. The highest BCUT2D eigenvalue weighted by Gasteiger charge is 1.81. The highest BCUT2D eigenvalue weighted by molar-refractivity contribution is 5.72. The van der Waals surface area contributed by atoms with Crippen LogP contribution in [0, 0.1) is 0 Å². The summed E-state index contributed by atoms with van der Waals surface area (Å²) in [6.07, 6.45) is 8.42. The van der Waals surface area contributed by atoms with Crippen LogP contribution in [0.1, 0.15) is 5.69 Å². The summed E-state index contributed by atoms with van der Waals surface area (Å²) in [5.74, 6) is 0. The lowest BCUT2D eigenvalue weighted by Crippen LogP contribution is -1.79. The van der Waals surface area contributed by atoms with Crippen LogP contribution in [0.2, 0.25) is 0 Å². The lowest BCUT2D eigenvalue weighted by Gasteiger charge is -1.85. The molecule has 0 unspecified atom stereocenters. The van der Waals surface area contributed by atoms with Gasteiger partial charge in [-0.05, 0) is 12.2 Å². The fourth-order valence-electron chi connectivity index (χ4n) is 0.535. The summed E-state index contributed by atoms with van der Waals surface area (Å²) in [4.78, 5) is 17.6. The summed E-state index contributed by atoms with van der Waals surface area (Å²) < 4.78 is 0. The van der Waals surface area contributed by atoms with Crippen molar-refractivity contribution in [1.29, 1.82) is 0 Å². The molecule has 1 rings (SSSR count). The van der Waals surface area contributed by atoms with Crippen molar-refractivity contribution < 1.29 is 4.79 Å². The molecule has 0 fully saturated rings. The van der Waals surface area contributed by atoms with Crippen molar-refractivity contribution >= 4 is 12.4 Å². The Hall–Kier alpha value is -1.51. The van der Waals surface area contributed by atoms with Crippen molar-refractivity contribution in [2.45, 2.75) is 0 Å². The minimum Gasteiger partial charge on any atom is -0.299 e. The van der Waals surface area contributed by atoms with Crippen molar-refractivity contribution in [3.8, 4) is 0 Å². The third kappa shape index (κ3) is 1.78. The molecular formula is C7H6N2O. The van der Waals surface area contributed by atoms with Crippen LogP contribution in [0.5, 0.6) is 0 Å². The first-order valence-corrected chi connectivity index (χ1v) is 2.81. The first kappa shape index (κ1) is 6.61. The highest BCUT2D eigenvalue weighted by atomic mass is 16.1. The number of hydrogen-bond acceptors (Lipinski definition) is 3. The van der Waals surface area contributed by atoms with Gasteiger partial charge in [-0.3, -0.25) is 14.8 Å². The smallest absolute Gasteiger partial charge is 0.142 e. The van der Waals surface area contributed by atoms with Gasteiger partial charge in [0.15, 0.2) is 0 Å². The Morgan fingerprint density at radius 3 is 2.90 bits per heavy atom. The molecule has 0 aliphatic heterocycles. The summed E-state index contributed by atoms with van der Waals surface area (Å²) in [5, 5.41) is 0. The molecule has 3 nitrogen and oxygen atoms in total. The maximum atomic E-state index is 9.84. The van der Waals surface area contributed by atoms with E-state index in [9.17, 15) is 4.79 Å². The molecule has 0 N–H and O–H groups in total. The SMILES string of the molecule is O=CC=Cc1cnccn1. The zero-order chi connectivity index (χ0) is 7.23. The second kappa shape index (κ2) is 3.50. The van der Waals surface area contributed by atoms with Crippen molar-refractivity contribution in [3.05, 3.63) is 30.4 Å². The van der Waals surface area contributed by atoms with E-state index in [2.05, 4.69) is 9.97 Å². The fraction of sp³-hybridized carbons (Fsp3) is 0. The van der Waals surface area contributed by atoms with Crippen LogP contribution in [0.3, 0.4) is 0 Å². The van der Waals surface area contributed by atoms with Gasteiger partial charge in [0.05, 0.1) is 11.9 Å². The van der Waals surface area contributed by atoms with E-state index in [-0.39, 0.29) is 0 Å². The molecule has 50 valence electrons. The summed E-state index contributed by atoms with van der Waals surface area (Å²) >= 11 is 0.